The van der Waals surface area contributed by atoms with Gasteiger partial charge in [0, 0.05) is 47.1 Å². The molecule has 4 rings (SSSR count). The third kappa shape index (κ3) is 5.24. The van der Waals surface area contributed by atoms with Crippen molar-refractivity contribution in [3.05, 3.63) is 88.6 Å². The molecule has 0 aliphatic heterocycles. The van der Waals surface area contributed by atoms with Gasteiger partial charge < -0.3 is 23.5 Å². The first-order valence-corrected chi connectivity index (χ1v) is 11.3. The minimum absolute atomic E-state index is 0.0359. The number of methoxy groups -OCH3 is 1. The molecule has 1 heterocycles. The van der Waals surface area contributed by atoms with Gasteiger partial charge in [0.1, 0.15) is 29.7 Å². The van der Waals surface area contributed by atoms with Crippen molar-refractivity contribution in [2.24, 2.45) is 0 Å². The highest BCUT2D eigenvalue weighted by Gasteiger charge is 2.17. The van der Waals surface area contributed by atoms with Gasteiger partial charge in [-0.25, -0.2) is 4.79 Å². The van der Waals surface area contributed by atoms with E-state index < -0.39 is 5.97 Å². The molecule has 8 heteroatoms. The van der Waals surface area contributed by atoms with Gasteiger partial charge in [-0.15, -0.1) is 0 Å². The standard InChI is InChI=1S/C27H23ClN2O5/c1-3-33-27(31)23-10-8-20(12-26(23)35-17-32-2)30-15-19(14-29)22-11-9-21(13-25(22)30)34-16-18-6-4-5-7-24(18)28/h4-13,15H,3,16-17H2,1-2H3. The molecule has 0 fully saturated rings. The maximum Gasteiger partial charge on any atom is 0.341 e. The lowest BCUT2D eigenvalue weighted by molar-refractivity contribution is 0.0438. The summed E-state index contributed by atoms with van der Waals surface area (Å²) in [6, 6.07) is 20.4. The third-order valence-corrected chi connectivity index (χ3v) is 5.69. The highest BCUT2D eigenvalue weighted by atomic mass is 35.5. The zero-order chi connectivity index (χ0) is 24.8. The maximum atomic E-state index is 12.4. The third-order valence-electron chi connectivity index (χ3n) is 5.32. The Morgan fingerprint density at radius 1 is 1.09 bits per heavy atom. The van der Waals surface area contributed by atoms with E-state index in [2.05, 4.69) is 6.07 Å². The van der Waals surface area contributed by atoms with Gasteiger partial charge in [-0.2, -0.15) is 5.26 Å². The van der Waals surface area contributed by atoms with E-state index >= 15 is 0 Å². The van der Waals surface area contributed by atoms with E-state index in [0.29, 0.717) is 34.4 Å². The van der Waals surface area contributed by atoms with Crippen LogP contribution in [0.5, 0.6) is 11.5 Å². The first kappa shape index (κ1) is 24.1. The number of hydrogen-bond donors (Lipinski definition) is 0. The highest BCUT2D eigenvalue weighted by Crippen LogP contribution is 2.31. The minimum atomic E-state index is -0.490. The quantitative estimate of drug-likeness (QED) is 0.215. The van der Waals surface area contributed by atoms with Crippen LogP contribution in [0.15, 0.2) is 66.9 Å². The number of nitrogens with zero attached hydrogens (tertiary/aromatic N) is 2. The molecule has 0 saturated heterocycles. The molecule has 1 aromatic heterocycles. The van der Waals surface area contributed by atoms with Gasteiger partial charge in [-0.3, -0.25) is 0 Å². The maximum absolute atomic E-state index is 12.4. The molecule has 35 heavy (non-hydrogen) atoms. The number of ether oxygens (including phenoxy) is 4. The van der Waals surface area contributed by atoms with Crippen LogP contribution in [0.3, 0.4) is 0 Å². The Hall–Kier alpha value is -3.99. The molecule has 0 aliphatic carbocycles. The number of carbonyl (C=O) groups is 1. The number of carbonyl (C=O) groups excluding carboxylic acids is 1. The number of aromatic nitrogens is 1. The average Bonchev–Trinajstić information content (AvgIpc) is 3.25. The van der Waals surface area contributed by atoms with Crippen molar-refractivity contribution in [2.45, 2.75) is 13.5 Å². The highest BCUT2D eigenvalue weighted by molar-refractivity contribution is 6.31. The van der Waals surface area contributed by atoms with Crippen LogP contribution in [0.1, 0.15) is 28.4 Å². The molecular weight excluding hydrogens is 468 g/mol. The molecule has 0 spiro atoms. The van der Waals surface area contributed by atoms with Crippen LogP contribution in [-0.2, 0) is 16.1 Å². The summed E-state index contributed by atoms with van der Waals surface area (Å²) < 4.78 is 23.6. The Morgan fingerprint density at radius 2 is 1.91 bits per heavy atom. The van der Waals surface area contributed by atoms with Crippen molar-refractivity contribution in [3.8, 4) is 23.3 Å². The summed E-state index contributed by atoms with van der Waals surface area (Å²) in [6.45, 7) is 2.25. The molecule has 0 N–H and O–H groups in total. The normalized spacial score (nSPS) is 10.7. The topological polar surface area (TPSA) is 82.7 Å². The molecule has 3 aromatic carbocycles. The fourth-order valence-electron chi connectivity index (χ4n) is 3.66. The van der Waals surface area contributed by atoms with Crippen LogP contribution in [0.4, 0.5) is 0 Å². The number of hydrogen-bond acceptors (Lipinski definition) is 6. The molecular formula is C27H23ClN2O5. The summed E-state index contributed by atoms with van der Waals surface area (Å²) in [6.07, 6.45) is 1.74. The number of rotatable bonds is 9. The molecule has 0 unspecified atom stereocenters. The van der Waals surface area contributed by atoms with Crippen molar-refractivity contribution >= 4 is 28.5 Å². The van der Waals surface area contributed by atoms with Gasteiger partial charge in [0.05, 0.1) is 17.7 Å². The second-order valence-corrected chi connectivity index (χ2v) is 7.94. The van der Waals surface area contributed by atoms with Crippen LogP contribution in [0, 0.1) is 11.3 Å². The monoisotopic (exact) mass is 490 g/mol. The van der Waals surface area contributed by atoms with E-state index in [1.54, 1.807) is 31.3 Å². The lowest BCUT2D eigenvalue weighted by Crippen LogP contribution is -2.10. The fraction of sp³-hybridized carbons (Fsp3) is 0.185. The smallest absolute Gasteiger partial charge is 0.341 e. The first-order valence-electron chi connectivity index (χ1n) is 10.9. The van der Waals surface area contributed by atoms with E-state index in [1.165, 1.54) is 7.11 Å². The number of esters is 1. The van der Waals surface area contributed by atoms with E-state index in [-0.39, 0.29) is 19.0 Å². The zero-order valence-electron chi connectivity index (χ0n) is 19.3. The van der Waals surface area contributed by atoms with Crippen LogP contribution in [0.25, 0.3) is 16.6 Å². The summed E-state index contributed by atoms with van der Waals surface area (Å²) in [7, 11) is 1.50. The molecule has 4 aromatic rings. The summed E-state index contributed by atoms with van der Waals surface area (Å²) in [5.74, 6) is 0.449. The molecule has 0 radical (unpaired) electrons. The van der Waals surface area contributed by atoms with Gasteiger partial charge >= 0.3 is 5.97 Å². The summed E-state index contributed by atoms with van der Waals surface area (Å²) >= 11 is 6.24. The fourth-order valence-corrected chi connectivity index (χ4v) is 3.85. The number of benzene rings is 3. The van der Waals surface area contributed by atoms with E-state index in [4.69, 9.17) is 30.5 Å². The predicted molar refractivity (Wildman–Crippen MR) is 132 cm³/mol. The Morgan fingerprint density at radius 3 is 2.66 bits per heavy atom. The van der Waals surface area contributed by atoms with Gasteiger partial charge in [-0.1, -0.05) is 29.8 Å². The van der Waals surface area contributed by atoms with Crippen molar-refractivity contribution in [1.82, 2.24) is 4.57 Å². The molecule has 0 amide bonds. The molecule has 0 saturated carbocycles. The van der Waals surface area contributed by atoms with Gasteiger partial charge in [0.25, 0.3) is 0 Å². The summed E-state index contributed by atoms with van der Waals surface area (Å²) in [5, 5.41) is 11.1. The molecule has 0 bridgehead atoms. The average molecular weight is 491 g/mol. The Kier molecular flexibility index (Phi) is 7.56. The number of nitriles is 1. The van der Waals surface area contributed by atoms with Crippen molar-refractivity contribution < 1.29 is 23.7 Å². The number of halogens is 1. The molecule has 0 atom stereocenters. The van der Waals surface area contributed by atoms with Crippen molar-refractivity contribution in [2.75, 3.05) is 20.5 Å². The zero-order valence-corrected chi connectivity index (χ0v) is 20.0. The van der Waals surface area contributed by atoms with Crippen molar-refractivity contribution in [1.29, 1.82) is 5.26 Å². The van der Waals surface area contributed by atoms with Gasteiger partial charge in [-0.05, 0) is 37.3 Å². The van der Waals surface area contributed by atoms with Crippen LogP contribution in [-0.4, -0.2) is 31.0 Å². The Balaban J connectivity index is 1.73. The van der Waals surface area contributed by atoms with Gasteiger partial charge in [0.15, 0.2) is 6.79 Å². The Bertz CT molecular complexity index is 1410. The van der Waals surface area contributed by atoms with E-state index in [0.717, 1.165) is 16.5 Å². The SMILES string of the molecule is CCOC(=O)c1ccc(-n2cc(C#N)c3ccc(OCc4ccccc4Cl)cc32)cc1OCOC. The summed E-state index contributed by atoms with van der Waals surface area (Å²) in [5.41, 5.74) is 3.12. The van der Waals surface area contributed by atoms with E-state index in [1.807, 2.05) is 47.0 Å². The minimum Gasteiger partial charge on any atom is -0.489 e. The first-order chi connectivity index (χ1) is 17.0. The van der Waals surface area contributed by atoms with Crippen molar-refractivity contribution in [3.63, 3.8) is 0 Å². The van der Waals surface area contributed by atoms with Crippen LogP contribution in [0.2, 0.25) is 5.02 Å². The number of fused-ring (bicyclic) bond motifs is 1. The predicted octanol–water partition coefficient (Wildman–Crippen LogP) is 5.89. The molecule has 7 nitrogen and oxygen atoms in total. The second-order valence-electron chi connectivity index (χ2n) is 7.54. The van der Waals surface area contributed by atoms with Crippen LogP contribution < -0.4 is 9.47 Å². The molecule has 0 aliphatic rings. The van der Waals surface area contributed by atoms with E-state index in [9.17, 15) is 10.1 Å². The lowest BCUT2D eigenvalue weighted by atomic mass is 10.1. The lowest BCUT2D eigenvalue weighted by Gasteiger charge is -2.14. The molecule has 178 valence electrons. The van der Waals surface area contributed by atoms with Gasteiger partial charge in [0.2, 0.25) is 0 Å². The largest absolute Gasteiger partial charge is 0.489 e. The second kappa shape index (κ2) is 11.0. The summed E-state index contributed by atoms with van der Waals surface area (Å²) in [4.78, 5) is 12.4. The van der Waals surface area contributed by atoms with Crippen LogP contribution >= 0.6 is 11.6 Å². The Labute approximate surface area is 208 Å².